The van der Waals surface area contributed by atoms with Crippen molar-refractivity contribution in [1.82, 2.24) is 19.9 Å². The number of amides is 2. The van der Waals surface area contributed by atoms with Gasteiger partial charge in [0.15, 0.2) is 5.76 Å². The van der Waals surface area contributed by atoms with Crippen molar-refractivity contribution in [1.29, 1.82) is 0 Å². The Labute approximate surface area is 155 Å². The predicted octanol–water partition coefficient (Wildman–Crippen LogP) is 2.49. The van der Waals surface area contributed by atoms with E-state index in [1.54, 1.807) is 48.1 Å². The van der Waals surface area contributed by atoms with E-state index in [2.05, 4.69) is 10.1 Å². The van der Waals surface area contributed by atoms with Crippen LogP contribution in [0, 0.1) is 6.92 Å². The predicted molar refractivity (Wildman–Crippen MR) is 97.0 cm³/mol. The van der Waals surface area contributed by atoms with Gasteiger partial charge in [0, 0.05) is 33.1 Å². The van der Waals surface area contributed by atoms with Crippen LogP contribution in [0.25, 0.3) is 22.6 Å². The number of furan rings is 1. The number of aromatic nitrogens is 2. The molecule has 1 fully saturated rings. The molecule has 27 heavy (non-hydrogen) atoms. The molecule has 0 atom stereocenters. The second-order valence-corrected chi connectivity index (χ2v) is 6.63. The number of pyridine rings is 1. The zero-order valence-electron chi connectivity index (χ0n) is 15.3. The van der Waals surface area contributed by atoms with E-state index in [4.69, 9.17) is 8.94 Å². The fourth-order valence-corrected chi connectivity index (χ4v) is 3.42. The number of aryl methyl sites for hydroxylation is 1. The topological polar surface area (TPSA) is 92.7 Å². The Morgan fingerprint density at radius 1 is 1.15 bits per heavy atom. The van der Waals surface area contributed by atoms with Crippen molar-refractivity contribution in [2.24, 2.45) is 0 Å². The van der Waals surface area contributed by atoms with E-state index >= 15 is 0 Å². The summed E-state index contributed by atoms with van der Waals surface area (Å²) in [4.78, 5) is 32.9. The van der Waals surface area contributed by atoms with Gasteiger partial charge >= 0.3 is 0 Å². The molecule has 0 saturated carbocycles. The van der Waals surface area contributed by atoms with Crippen molar-refractivity contribution in [3.05, 3.63) is 35.7 Å². The summed E-state index contributed by atoms with van der Waals surface area (Å²) >= 11 is 0. The lowest BCUT2D eigenvalue weighted by molar-refractivity contribution is -0.128. The average molecular weight is 368 g/mol. The van der Waals surface area contributed by atoms with Crippen LogP contribution >= 0.6 is 0 Å². The van der Waals surface area contributed by atoms with Crippen LogP contribution in [0.1, 0.15) is 29.4 Å². The summed E-state index contributed by atoms with van der Waals surface area (Å²) in [6.07, 6.45) is 2.30. The van der Waals surface area contributed by atoms with Crippen molar-refractivity contribution in [2.75, 3.05) is 26.2 Å². The molecule has 8 nitrogen and oxygen atoms in total. The normalized spacial score (nSPS) is 15.2. The maximum atomic E-state index is 13.3. The maximum absolute atomic E-state index is 13.3. The fraction of sp³-hybridized carbons (Fsp3) is 0.368. The summed E-state index contributed by atoms with van der Waals surface area (Å²) in [6.45, 7) is 5.62. The summed E-state index contributed by atoms with van der Waals surface area (Å²) in [6, 6.07) is 5.27. The van der Waals surface area contributed by atoms with Crippen LogP contribution in [0.15, 0.2) is 33.4 Å². The smallest absolute Gasteiger partial charge is 0.259 e. The standard InChI is InChI=1S/C19H20N4O4/c1-12-17-14(19(25)23-7-4-6-22(8-9-23)13(2)24)11-15(16-5-3-10-26-16)20-18(17)27-21-12/h3,5,10-11H,4,6-9H2,1-2H3. The molecule has 1 saturated heterocycles. The molecule has 0 aromatic carbocycles. The molecule has 0 radical (unpaired) electrons. The molecule has 0 spiro atoms. The Balaban J connectivity index is 1.72. The van der Waals surface area contributed by atoms with Crippen molar-refractivity contribution >= 4 is 22.9 Å². The van der Waals surface area contributed by atoms with Gasteiger partial charge in [-0.2, -0.15) is 0 Å². The molecule has 140 valence electrons. The van der Waals surface area contributed by atoms with E-state index in [1.165, 1.54) is 0 Å². The van der Waals surface area contributed by atoms with Crippen LogP contribution in [-0.4, -0.2) is 57.9 Å². The number of rotatable bonds is 2. The zero-order chi connectivity index (χ0) is 19.0. The Morgan fingerprint density at radius 2 is 1.93 bits per heavy atom. The average Bonchev–Trinajstić information content (AvgIpc) is 3.24. The van der Waals surface area contributed by atoms with Gasteiger partial charge in [0.1, 0.15) is 5.69 Å². The molecule has 3 aromatic rings. The van der Waals surface area contributed by atoms with E-state index in [1.807, 2.05) is 0 Å². The van der Waals surface area contributed by atoms with Gasteiger partial charge in [0.2, 0.25) is 5.91 Å². The van der Waals surface area contributed by atoms with Gasteiger partial charge in [-0.3, -0.25) is 9.59 Å². The van der Waals surface area contributed by atoms with Crippen LogP contribution in [-0.2, 0) is 4.79 Å². The highest BCUT2D eigenvalue weighted by molar-refractivity contribution is 6.06. The molecule has 0 aliphatic carbocycles. The zero-order valence-corrected chi connectivity index (χ0v) is 15.3. The van der Waals surface area contributed by atoms with E-state index < -0.39 is 0 Å². The highest BCUT2D eigenvalue weighted by Gasteiger charge is 2.26. The van der Waals surface area contributed by atoms with E-state index in [9.17, 15) is 9.59 Å². The minimum atomic E-state index is -0.119. The number of nitrogens with zero attached hydrogens (tertiary/aromatic N) is 4. The lowest BCUT2D eigenvalue weighted by Crippen LogP contribution is -2.36. The molecular weight excluding hydrogens is 348 g/mol. The SMILES string of the molecule is CC(=O)N1CCCN(C(=O)c2cc(-c3ccco3)nc3onc(C)c23)CC1. The Bertz CT molecular complexity index is 993. The first kappa shape index (κ1) is 17.3. The van der Waals surface area contributed by atoms with Crippen molar-refractivity contribution in [3.8, 4) is 11.5 Å². The second kappa shape index (κ2) is 6.86. The largest absolute Gasteiger partial charge is 0.463 e. The van der Waals surface area contributed by atoms with Crippen molar-refractivity contribution in [3.63, 3.8) is 0 Å². The first-order valence-corrected chi connectivity index (χ1v) is 8.90. The molecule has 1 aliphatic rings. The third-order valence-electron chi connectivity index (χ3n) is 4.85. The minimum Gasteiger partial charge on any atom is -0.463 e. The van der Waals surface area contributed by atoms with Gasteiger partial charge in [0.25, 0.3) is 11.6 Å². The molecular formula is C19H20N4O4. The van der Waals surface area contributed by atoms with Gasteiger partial charge < -0.3 is 18.7 Å². The first-order valence-electron chi connectivity index (χ1n) is 8.90. The summed E-state index contributed by atoms with van der Waals surface area (Å²) in [5.74, 6) is 0.469. The number of hydrogen-bond acceptors (Lipinski definition) is 6. The summed E-state index contributed by atoms with van der Waals surface area (Å²) < 4.78 is 10.7. The van der Waals surface area contributed by atoms with Gasteiger partial charge in [0.05, 0.1) is 22.9 Å². The van der Waals surface area contributed by atoms with Crippen molar-refractivity contribution < 1.29 is 18.5 Å². The van der Waals surface area contributed by atoms with Crippen LogP contribution in [0.4, 0.5) is 0 Å². The van der Waals surface area contributed by atoms with Crippen LogP contribution in [0.2, 0.25) is 0 Å². The van der Waals surface area contributed by atoms with Gasteiger partial charge in [-0.1, -0.05) is 5.16 Å². The lowest BCUT2D eigenvalue weighted by atomic mass is 10.1. The van der Waals surface area contributed by atoms with Gasteiger partial charge in [-0.15, -0.1) is 0 Å². The molecule has 2 amide bonds. The summed E-state index contributed by atoms with van der Waals surface area (Å²) in [5.41, 5.74) is 1.94. The summed E-state index contributed by atoms with van der Waals surface area (Å²) in [5, 5.41) is 4.58. The monoisotopic (exact) mass is 368 g/mol. The molecule has 4 heterocycles. The molecule has 0 bridgehead atoms. The highest BCUT2D eigenvalue weighted by atomic mass is 16.5. The van der Waals surface area contributed by atoms with Crippen LogP contribution in [0.3, 0.4) is 0 Å². The van der Waals surface area contributed by atoms with Crippen molar-refractivity contribution in [2.45, 2.75) is 20.3 Å². The summed E-state index contributed by atoms with van der Waals surface area (Å²) in [7, 11) is 0. The Hall–Kier alpha value is -3.16. The molecule has 8 heteroatoms. The number of carbonyl (C=O) groups is 2. The number of fused-ring (bicyclic) bond motifs is 1. The number of carbonyl (C=O) groups excluding carboxylic acids is 2. The molecule has 3 aromatic heterocycles. The van der Waals surface area contributed by atoms with Gasteiger partial charge in [-0.05, 0) is 31.5 Å². The third-order valence-corrected chi connectivity index (χ3v) is 4.85. The fourth-order valence-electron chi connectivity index (χ4n) is 3.42. The van der Waals surface area contributed by atoms with Gasteiger partial charge in [-0.25, -0.2) is 4.98 Å². The quantitative estimate of drug-likeness (QED) is 0.690. The Morgan fingerprint density at radius 3 is 2.67 bits per heavy atom. The number of hydrogen-bond donors (Lipinski definition) is 0. The van der Waals surface area contributed by atoms with E-state index in [0.29, 0.717) is 60.0 Å². The highest BCUT2D eigenvalue weighted by Crippen LogP contribution is 2.28. The minimum absolute atomic E-state index is 0.0329. The second-order valence-electron chi connectivity index (χ2n) is 6.63. The molecule has 4 rings (SSSR count). The van der Waals surface area contributed by atoms with E-state index in [0.717, 1.165) is 6.42 Å². The molecule has 1 aliphatic heterocycles. The van der Waals surface area contributed by atoms with Crippen LogP contribution in [0.5, 0.6) is 0 Å². The molecule has 0 unspecified atom stereocenters. The molecule has 0 N–H and O–H groups in total. The van der Waals surface area contributed by atoms with E-state index in [-0.39, 0.29) is 11.8 Å². The lowest BCUT2D eigenvalue weighted by Gasteiger charge is -2.22. The Kier molecular flexibility index (Phi) is 4.39. The van der Waals surface area contributed by atoms with Crippen LogP contribution < -0.4 is 0 Å². The first-order chi connectivity index (χ1) is 13.0. The maximum Gasteiger partial charge on any atom is 0.259 e. The third kappa shape index (κ3) is 3.18.